The Morgan fingerprint density at radius 3 is 2.58 bits per heavy atom. The molecule has 1 aliphatic carbocycles. The van der Waals surface area contributed by atoms with Gasteiger partial charge in [0.05, 0.1) is 5.92 Å². The fourth-order valence-electron chi connectivity index (χ4n) is 3.50. The van der Waals surface area contributed by atoms with Crippen LogP contribution in [0.1, 0.15) is 39.0 Å². The Morgan fingerprint density at radius 1 is 1.21 bits per heavy atom. The second-order valence-electron chi connectivity index (χ2n) is 6.05. The first-order valence-electron chi connectivity index (χ1n) is 7.34. The summed E-state index contributed by atoms with van der Waals surface area (Å²) >= 11 is 0. The van der Waals surface area contributed by atoms with Crippen LogP contribution in [-0.4, -0.2) is 35.8 Å². The van der Waals surface area contributed by atoms with Crippen LogP contribution in [0.15, 0.2) is 0 Å². The highest BCUT2D eigenvalue weighted by Gasteiger charge is 2.39. The number of carbonyl (C=O) groups excluding carboxylic acids is 2. The monoisotopic (exact) mass is 267 g/mol. The van der Waals surface area contributed by atoms with E-state index in [0.29, 0.717) is 19.0 Å². The van der Waals surface area contributed by atoms with E-state index in [1.54, 1.807) is 0 Å². The first-order chi connectivity index (χ1) is 9.04. The van der Waals surface area contributed by atoms with Crippen LogP contribution in [0.5, 0.6) is 0 Å². The van der Waals surface area contributed by atoms with Gasteiger partial charge in [0.15, 0.2) is 0 Å². The van der Waals surface area contributed by atoms with Crippen LogP contribution in [0, 0.1) is 17.8 Å². The number of rotatable bonds is 3. The molecule has 1 heterocycles. The number of likely N-dealkylation sites (tertiary alicyclic amines) is 1. The van der Waals surface area contributed by atoms with Crippen molar-refractivity contribution in [3.63, 3.8) is 0 Å². The molecule has 2 aliphatic rings. The van der Waals surface area contributed by atoms with Crippen LogP contribution in [0.3, 0.4) is 0 Å². The fraction of sp³-hybridized carbons (Fsp3) is 0.857. The summed E-state index contributed by atoms with van der Waals surface area (Å²) in [5.41, 5.74) is 11.1. The molecular formula is C14H25N3O2. The number of hydrogen-bond donors (Lipinski definition) is 2. The van der Waals surface area contributed by atoms with Crippen LogP contribution in [0.4, 0.5) is 0 Å². The number of nitrogens with zero attached hydrogens (tertiary/aromatic N) is 1. The van der Waals surface area contributed by atoms with E-state index in [1.165, 1.54) is 0 Å². The van der Waals surface area contributed by atoms with E-state index in [1.807, 2.05) is 4.90 Å². The average Bonchev–Trinajstić information content (AvgIpc) is 2.86. The van der Waals surface area contributed by atoms with Gasteiger partial charge in [-0.3, -0.25) is 9.59 Å². The van der Waals surface area contributed by atoms with E-state index in [2.05, 4.69) is 6.92 Å². The molecule has 4 N–H and O–H groups in total. The minimum atomic E-state index is -0.286. The van der Waals surface area contributed by atoms with Gasteiger partial charge in [0.2, 0.25) is 11.8 Å². The number of piperidine rings is 1. The van der Waals surface area contributed by atoms with Gasteiger partial charge in [0, 0.05) is 18.5 Å². The lowest BCUT2D eigenvalue weighted by Gasteiger charge is -2.39. The van der Waals surface area contributed by atoms with Gasteiger partial charge >= 0.3 is 0 Å². The maximum Gasteiger partial charge on any atom is 0.226 e. The van der Waals surface area contributed by atoms with Gasteiger partial charge in [0.25, 0.3) is 0 Å². The standard InChI is InChI=1S/C14H25N3O2/c1-9-5-6-11(13(16)18)8-17(9)14(19)12-4-2-3-10(12)7-15/h9-12H,2-8,15H2,1H3,(H2,16,18)/t9?,10-,11?,12-/m1/s1. The molecule has 4 atom stereocenters. The van der Waals surface area contributed by atoms with E-state index >= 15 is 0 Å². The van der Waals surface area contributed by atoms with Gasteiger partial charge in [0.1, 0.15) is 0 Å². The normalized spacial score (nSPS) is 35.4. The second-order valence-corrected chi connectivity index (χ2v) is 6.05. The molecular weight excluding hydrogens is 242 g/mol. The van der Waals surface area contributed by atoms with Crippen molar-refractivity contribution < 1.29 is 9.59 Å². The summed E-state index contributed by atoms with van der Waals surface area (Å²) in [6.45, 7) is 3.13. The molecule has 0 radical (unpaired) electrons. The lowest BCUT2D eigenvalue weighted by atomic mass is 9.89. The summed E-state index contributed by atoms with van der Waals surface area (Å²) in [6.07, 6.45) is 4.73. The van der Waals surface area contributed by atoms with Crippen molar-refractivity contribution in [3.8, 4) is 0 Å². The van der Waals surface area contributed by atoms with Crippen molar-refractivity contribution >= 4 is 11.8 Å². The van der Waals surface area contributed by atoms with E-state index in [9.17, 15) is 9.59 Å². The molecule has 2 unspecified atom stereocenters. The summed E-state index contributed by atoms with van der Waals surface area (Å²) in [4.78, 5) is 25.9. The Labute approximate surface area is 114 Å². The van der Waals surface area contributed by atoms with E-state index in [0.717, 1.165) is 32.1 Å². The Kier molecular flexibility index (Phi) is 4.45. The number of hydrogen-bond acceptors (Lipinski definition) is 3. The van der Waals surface area contributed by atoms with Crippen LogP contribution in [0.2, 0.25) is 0 Å². The highest BCUT2D eigenvalue weighted by atomic mass is 16.2. The maximum absolute atomic E-state index is 12.7. The maximum atomic E-state index is 12.7. The van der Waals surface area contributed by atoms with Gasteiger partial charge < -0.3 is 16.4 Å². The Hall–Kier alpha value is -1.10. The Balaban J connectivity index is 2.06. The highest BCUT2D eigenvalue weighted by Crippen LogP contribution is 2.34. The molecule has 0 spiro atoms. The number of primary amides is 1. The van der Waals surface area contributed by atoms with Crippen molar-refractivity contribution in [2.24, 2.45) is 29.2 Å². The van der Waals surface area contributed by atoms with Gasteiger partial charge in [-0.15, -0.1) is 0 Å². The molecule has 0 aromatic heterocycles. The van der Waals surface area contributed by atoms with Crippen molar-refractivity contribution in [2.45, 2.75) is 45.1 Å². The average molecular weight is 267 g/mol. The Morgan fingerprint density at radius 2 is 1.95 bits per heavy atom. The number of carbonyl (C=O) groups is 2. The molecule has 5 heteroatoms. The molecule has 2 rings (SSSR count). The van der Waals surface area contributed by atoms with Crippen LogP contribution >= 0.6 is 0 Å². The lowest BCUT2D eigenvalue weighted by Crippen LogP contribution is -2.51. The largest absolute Gasteiger partial charge is 0.369 e. The van der Waals surface area contributed by atoms with Crippen molar-refractivity contribution in [1.29, 1.82) is 0 Å². The smallest absolute Gasteiger partial charge is 0.226 e. The summed E-state index contributed by atoms with van der Waals surface area (Å²) in [5.74, 6) is 0.0866. The highest BCUT2D eigenvalue weighted by molar-refractivity contribution is 5.82. The molecule has 2 amide bonds. The molecule has 108 valence electrons. The third-order valence-corrected chi connectivity index (χ3v) is 4.85. The molecule has 2 fully saturated rings. The van der Waals surface area contributed by atoms with Crippen molar-refractivity contribution in [3.05, 3.63) is 0 Å². The molecule has 1 saturated heterocycles. The zero-order chi connectivity index (χ0) is 14.0. The number of nitrogens with two attached hydrogens (primary N) is 2. The third kappa shape index (κ3) is 2.91. The quantitative estimate of drug-likeness (QED) is 0.779. The molecule has 0 aromatic carbocycles. The molecule has 1 aliphatic heterocycles. The first kappa shape index (κ1) is 14.3. The molecule has 5 nitrogen and oxygen atoms in total. The van der Waals surface area contributed by atoms with Crippen molar-refractivity contribution in [2.75, 3.05) is 13.1 Å². The fourth-order valence-corrected chi connectivity index (χ4v) is 3.50. The van der Waals surface area contributed by atoms with Gasteiger partial charge in [-0.25, -0.2) is 0 Å². The van der Waals surface area contributed by atoms with Crippen molar-refractivity contribution in [1.82, 2.24) is 4.90 Å². The van der Waals surface area contributed by atoms with E-state index in [4.69, 9.17) is 11.5 Å². The van der Waals surface area contributed by atoms with Gasteiger partial charge in [-0.2, -0.15) is 0 Å². The van der Waals surface area contributed by atoms with Gasteiger partial charge in [-0.1, -0.05) is 6.42 Å². The summed E-state index contributed by atoms with van der Waals surface area (Å²) in [7, 11) is 0. The summed E-state index contributed by atoms with van der Waals surface area (Å²) < 4.78 is 0. The van der Waals surface area contributed by atoms with Crippen LogP contribution in [-0.2, 0) is 9.59 Å². The lowest BCUT2D eigenvalue weighted by molar-refractivity contribution is -0.142. The van der Waals surface area contributed by atoms with E-state index in [-0.39, 0.29) is 29.7 Å². The first-order valence-corrected chi connectivity index (χ1v) is 7.34. The molecule has 0 bridgehead atoms. The molecule has 19 heavy (non-hydrogen) atoms. The third-order valence-electron chi connectivity index (χ3n) is 4.85. The zero-order valence-electron chi connectivity index (χ0n) is 11.7. The van der Waals surface area contributed by atoms with Crippen LogP contribution < -0.4 is 11.5 Å². The predicted molar refractivity (Wildman–Crippen MR) is 73.0 cm³/mol. The Bertz CT molecular complexity index is 359. The second kappa shape index (κ2) is 5.90. The molecule has 0 aromatic rings. The number of amides is 2. The topological polar surface area (TPSA) is 89.4 Å². The van der Waals surface area contributed by atoms with E-state index < -0.39 is 0 Å². The molecule has 1 saturated carbocycles. The predicted octanol–water partition coefficient (Wildman–Crippen LogP) is 0.474. The van der Waals surface area contributed by atoms with Gasteiger partial charge in [-0.05, 0) is 45.1 Å². The minimum absolute atomic E-state index is 0.0547. The SMILES string of the molecule is CC1CCC(C(N)=O)CN1C(=O)[C@@H]1CCC[C@@H]1CN. The zero-order valence-corrected chi connectivity index (χ0v) is 11.7. The minimum Gasteiger partial charge on any atom is -0.369 e. The summed E-state index contributed by atoms with van der Waals surface area (Å²) in [5, 5.41) is 0. The summed E-state index contributed by atoms with van der Waals surface area (Å²) in [6, 6.07) is 0.210. The van der Waals surface area contributed by atoms with Crippen LogP contribution in [0.25, 0.3) is 0 Å².